The molecule has 0 amide bonds. The molecule has 0 aliphatic heterocycles. The maximum absolute atomic E-state index is 7.95. The van der Waals surface area contributed by atoms with Crippen molar-refractivity contribution in [2.75, 3.05) is 0 Å². The standard InChI is InChI=1S/C6H13NO/c1-6(2)4-3-5-7-8/h5-6,8H,3-4H2,1-2H3. The Morgan fingerprint density at radius 3 is 2.62 bits per heavy atom. The summed E-state index contributed by atoms with van der Waals surface area (Å²) in [6.07, 6.45) is 3.51. The molecule has 0 rings (SSSR count). The lowest BCUT2D eigenvalue weighted by Gasteiger charge is -1.96. The van der Waals surface area contributed by atoms with Crippen LogP contribution in [0.2, 0.25) is 0 Å². The van der Waals surface area contributed by atoms with Crippen molar-refractivity contribution in [3.8, 4) is 0 Å². The van der Waals surface area contributed by atoms with Crippen LogP contribution in [-0.2, 0) is 0 Å². The molecule has 0 saturated carbocycles. The van der Waals surface area contributed by atoms with Crippen molar-refractivity contribution in [3.63, 3.8) is 0 Å². The number of oxime groups is 1. The summed E-state index contributed by atoms with van der Waals surface area (Å²) in [6.45, 7) is 4.29. The zero-order valence-corrected chi connectivity index (χ0v) is 5.46. The van der Waals surface area contributed by atoms with Crippen molar-refractivity contribution >= 4 is 6.21 Å². The Balaban J connectivity index is 2.93. The lowest BCUT2D eigenvalue weighted by atomic mass is 10.1. The zero-order valence-electron chi connectivity index (χ0n) is 5.46. The van der Waals surface area contributed by atoms with E-state index in [1.807, 2.05) is 0 Å². The van der Waals surface area contributed by atoms with E-state index in [0.717, 1.165) is 12.8 Å². The third-order valence-electron chi connectivity index (χ3n) is 0.955. The van der Waals surface area contributed by atoms with Gasteiger partial charge in [-0.2, -0.15) is 0 Å². The molecule has 0 bridgehead atoms. The number of hydrogen-bond acceptors (Lipinski definition) is 2. The molecule has 0 spiro atoms. The Bertz CT molecular complexity index is 68.9. The van der Waals surface area contributed by atoms with Gasteiger partial charge in [0.15, 0.2) is 0 Å². The van der Waals surface area contributed by atoms with E-state index in [9.17, 15) is 0 Å². The highest BCUT2D eigenvalue weighted by Crippen LogP contribution is 2.00. The minimum Gasteiger partial charge on any atom is -0.411 e. The average molecular weight is 115 g/mol. The third-order valence-corrected chi connectivity index (χ3v) is 0.955. The first-order valence-electron chi connectivity index (χ1n) is 2.93. The van der Waals surface area contributed by atoms with Crippen LogP contribution < -0.4 is 0 Å². The lowest BCUT2D eigenvalue weighted by Crippen LogP contribution is -1.86. The molecule has 48 valence electrons. The maximum atomic E-state index is 7.95. The minimum atomic E-state index is 0.702. The van der Waals surface area contributed by atoms with Crippen LogP contribution in [0.15, 0.2) is 5.16 Å². The van der Waals surface area contributed by atoms with Gasteiger partial charge in [0.1, 0.15) is 0 Å². The fourth-order valence-corrected chi connectivity index (χ4v) is 0.466. The van der Waals surface area contributed by atoms with Crippen molar-refractivity contribution in [2.45, 2.75) is 26.7 Å². The van der Waals surface area contributed by atoms with Gasteiger partial charge in [-0.3, -0.25) is 0 Å². The van der Waals surface area contributed by atoms with Crippen LogP contribution in [0, 0.1) is 5.92 Å². The van der Waals surface area contributed by atoms with Crippen molar-refractivity contribution < 1.29 is 5.21 Å². The molecule has 2 nitrogen and oxygen atoms in total. The van der Waals surface area contributed by atoms with Crippen LogP contribution in [0.4, 0.5) is 0 Å². The summed E-state index contributed by atoms with van der Waals surface area (Å²) in [7, 11) is 0. The Morgan fingerprint density at radius 2 is 2.25 bits per heavy atom. The Hall–Kier alpha value is -0.530. The van der Waals surface area contributed by atoms with E-state index in [2.05, 4.69) is 19.0 Å². The van der Waals surface area contributed by atoms with E-state index in [1.54, 1.807) is 0 Å². The van der Waals surface area contributed by atoms with Crippen LogP contribution in [0.25, 0.3) is 0 Å². The SMILES string of the molecule is CC(C)CCC=NO. The second-order valence-electron chi connectivity index (χ2n) is 2.27. The van der Waals surface area contributed by atoms with Crippen molar-refractivity contribution in [1.82, 2.24) is 0 Å². The Kier molecular flexibility index (Phi) is 4.32. The number of hydrogen-bond donors (Lipinski definition) is 1. The molecule has 1 N–H and O–H groups in total. The van der Waals surface area contributed by atoms with Crippen LogP contribution in [-0.4, -0.2) is 11.4 Å². The molecule has 0 aromatic rings. The minimum absolute atomic E-state index is 0.702. The van der Waals surface area contributed by atoms with E-state index in [4.69, 9.17) is 5.21 Å². The van der Waals surface area contributed by atoms with Crippen LogP contribution in [0.5, 0.6) is 0 Å². The molecule has 0 aliphatic rings. The van der Waals surface area contributed by atoms with Gasteiger partial charge in [-0.1, -0.05) is 13.8 Å². The van der Waals surface area contributed by atoms with E-state index < -0.39 is 0 Å². The van der Waals surface area contributed by atoms with Gasteiger partial charge in [0.05, 0.1) is 0 Å². The molecule has 0 unspecified atom stereocenters. The van der Waals surface area contributed by atoms with Crippen molar-refractivity contribution in [2.24, 2.45) is 11.1 Å². The first-order chi connectivity index (χ1) is 3.77. The fraction of sp³-hybridized carbons (Fsp3) is 0.833. The third kappa shape index (κ3) is 5.47. The second kappa shape index (κ2) is 4.62. The molecule has 0 saturated heterocycles. The molecule has 2 heteroatoms. The summed E-state index contributed by atoms with van der Waals surface area (Å²) in [6, 6.07) is 0. The number of rotatable bonds is 3. The first-order valence-corrected chi connectivity index (χ1v) is 2.93. The Morgan fingerprint density at radius 1 is 1.62 bits per heavy atom. The first kappa shape index (κ1) is 7.47. The monoisotopic (exact) mass is 115 g/mol. The van der Waals surface area contributed by atoms with Gasteiger partial charge in [-0.15, -0.1) is 5.16 Å². The molecule has 8 heavy (non-hydrogen) atoms. The van der Waals surface area contributed by atoms with Crippen LogP contribution >= 0.6 is 0 Å². The van der Waals surface area contributed by atoms with Gasteiger partial charge in [0, 0.05) is 6.21 Å². The average Bonchev–Trinajstić information content (AvgIpc) is 1.66. The molecule has 0 aliphatic carbocycles. The Labute approximate surface area is 50.2 Å². The summed E-state index contributed by atoms with van der Waals surface area (Å²) >= 11 is 0. The van der Waals surface area contributed by atoms with Crippen LogP contribution in [0.3, 0.4) is 0 Å². The summed E-state index contributed by atoms with van der Waals surface area (Å²) in [5.41, 5.74) is 0. The molecule has 0 aromatic carbocycles. The summed E-state index contributed by atoms with van der Waals surface area (Å²) < 4.78 is 0. The van der Waals surface area contributed by atoms with Gasteiger partial charge in [0.25, 0.3) is 0 Å². The predicted octanol–water partition coefficient (Wildman–Crippen LogP) is 1.88. The van der Waals surface area contributed by atoms with E-state index in [0.29, 0.717) is 5.92 Å². The largest absolute Gasteiger partial charge is 0.411 e. The van der Waals surface area contributed by atoms with Crippen LogP contribution in [0.1, 0.15) is 26.7 Å². The van der Waals surface area contributed by atoms with Gasteiger partial charge in [0.2, 0.25) is 0 Å². The van der Waals surface area contributed by atoms with E-state index in [1.165, 1.54) is 6.21 Å². The van der Waals surface area contributed by atoms with E-state index in [-0.39, 0.29) is 0 Å². The topological polar surface area (TPSA) is 32.6 Å². The summed E-state index contributed by atoms with van der Waals surface area (Å²) in [4.78, 5) is 0. The fourth-order valence-electron chi connectivity index (χ4n) is 0.466. The van der Waals surface area contributed by atoms with Gasteiger partial charge in [-0.25, -0.2) is 0 Å². The van der Waals surface area contributed by atoms with Crippen molar-refractivity contribution in [1.29, 1.82) is 0 Å². The molecule has 0 atom stereocenters. The molecule has 0 radical (unpaired) electrons. The lowest BCUT2D eigenvalue weighted by molar-refractivity contribution is 0.320. The molecular weight excluding hydrogens is 102 g/mol. The molecule has 0 heterocycles. The highest BCUT2D eigenvalue weighted by molar-refractivity contribution is 5.55. The second-order valence-corrected chi connectivity index (χ2v) is 2.27. The van der Waals surface area contributed by atoms with Gasteiger partial charge < -0.3 is 5.21 Å². The summed E-state index contributed by atoms with van der Waals surface area (Å²) in [5.74, 6) is 0.702. The maximum Gasteiger partial charge on any atom is 0.0436 e. The van der Waals surface area contributed by atoms with Gasteiger partial charge >= 0.3 is 0 Å². The summed E-state index contributed by atoms with van der Waals surface area (Å²) in [5, 5.41) is 10.8. The number of nitrogens with zero attached hydrogens (tertiary/aromatic N) is 1. The normalized spacial score (nSPS) is 11.4. The van der Waals surface area contributed by atoms with Crippen molar-refractivity contribution in [3.05, 3.63) is 0 Å². The van der Waals surface area contributed by atoms with E-state index >= 15 is 0 Å². The quantitative estimate of drug-likeness (QED) is 0.340. The zero-order chi connectivity index (χ0) is 6.41. The molecular formula is C6H13NO. The smallest absolute Gasteiger partial charge is 0.0436 e. The van der Waals surface area contributed by atoms with Gasteiger partial charge in [-0.05, 0) is 18.8 Å². The molecule has 0 fully saturated rings. The highest BCUT2D eigenvalue weighted by Gasteiger charge is 1.88. The highest BCUT2D eigenvalue weighted by atomic mass is 16.4. The molecule has 0 aromatic heterocycles. The predicted molar refractivity (Wildman–Crippen MR) is 34.4 cm³/mol.